The van der Waals surface area contributed by atoms with Crippen LogP contribution >= 0.6 is 0 Å². The minimum Gasteiger partial charge on any atom is -0.507 e. The Morgan fingerprint density at radius 1 is 1.05 bits per heavy atom. The van der Waals surface area contributed by atoms with Gasteiger partial charge in [-0.2, -0.15) is 0 Å². The first kappa shape index (κ1) is 14.3. The molecule has 0 bridgehead atoms. The summed E-state index contributed by atoms with van der Waals surface area (Å²) in [6.45, 7) is 0. The maximum atomic E-state index is 13.5. The first-order valence-electron chi connectivity index (χ1n) is 5.76. The Hall–Kier alpha value is -3.09. The van der Waals surface area contributed by atoms with Gasteiger partial charge in [0.2, 0.25) is 0 Å². The number of aromatic hydroxyl groups is 2. The minimum absolute atomic E-state index is 0.206. The summed E-state index contributed by atoms with van der Waals surface area (Å²) in [4.78, 5) is 22.8. The van der Waals surface area contributed by atoms with Gasteiger partial charge in [0.25, 0.3) is 5.91 Å². The first-order chi connectivity index (χ1) is 9.91. The Balaban J connectivity index is 2.37. The number of carbonyl (C=O) groups excluding carboxylic acids is 1. The molecule has 0 aromatic heterocycles. The average Bonchev–Trinajstić information content (AvgIpc) is 2.40. The van der Waals surface area contributed by atoms with Crippen LogP contribution in [0.5, 0.6) is 11.5 Å². The van der Waals surface area contributed by atoms with Crippen LogP contribution in [-0.2, 0) is 0 Å². The molecule has 0 saturated heterocycles. The average molecular weight is 291 g/mol. The molecule has 0 atom stereocenters. The zero-order valence-electron chi connectivity index (χ0n) is 10.5. The van der Waals surface area contributed by atoms with Gasteiger partial charge in [0.1, 0.15) is 22.7 Å². The predicted octanol–water partition coefficient (Wildman–Crippen LogP) is 2.19. The van der Waals surface area contributed by atoms with E-state index in [-0.39, 0.29) is 5.69 Å². The molecular formula is C14H10FNO5. The lowest BCUT2D eigenvalue weighted by Crippen LogP contribution is -2.14. The fourth-order valence-corrected chi connectivity index (χ4v) is 1.74. The molecule has 0 spiro atoms. The number of hydrogen-bond donors (Lipinski definition) is 4. The normalized spacial score (nSPS) is 10.1. The second kappa shape index (κ2) is 5.49. The van der Waals surface area contributed by atoms with Gasteiger partial charge < -0.3 is 20.6 Å². The predicted molar refractivity (Wildman–Crippen MR) is 71.1 cm³/mol. The van der Waals surface area contributed by atoms with Crippen LogP contribution in [-0.4, -0.2) is 27.2 Å². The number of carboxylic acid groups (broad SMARTS) is 1. The van der Waals surface area contributed by atoms with E-state index in [1.54, 1.807) is 0 Å². The number of benzene rings is 2. The monoisotopic (exact) mass is 291 g/mol. The molecule has 108 valence electrons. The zero-order chi connectivity index (χ0) is 15.6. The number of amides is 1. The summed E-state index contributed by atoms with van der Waals surface area (Å²) in [5.41, 5.74) is -1.22. The van der Waals surface area contributed by atoms with Crippen molar-refractivity contribution in [3.63, 3.8) is 0 Å². The van der Waals surface area contributed by atoms with E-state index < -0.39 is 40.3 Å². The minimum atomic E-state index is -1.38. The third-order valence-corrected chi connectivity index (χ3v) is 2.73. The van der Waals surface area contributed by atoms with Crippen molar-refractivity contribution in [2.45, 2.75) is 0 Å². The van der Waals surface area contributed by atoms with Crippen molar-refractivity contribution in [3.05, 3.63) is 53.3 Å². The molecule has 0 aliphatic heterocycles. The van der Waals surface area contributed by atoms with Crippen LogP contribution < -0.4 is 5.32 Å². The van der Waals surface area contributed by atoms with Gasteiger partial charge in [0.15, 0.2) is 5.75 Å². The van der Waals surface area contributed by atoms with E-state index in [1.807, 2.05) is 0 Å². The largest absolute Gasteiger partial charge is 0.507 e. The number of carboxylic acids is 1. The second-order valence-electron chi connectivity index (χ2n) is 4.09. The molecule has 2 rings (SSSR count). The second-order valence-corrected chi connectivity index (χ2v) is 4.09. The van der Waals surface area contributed by atoms with Gasteiger partial charge in [0, 0.05) is 0 Å². The molecule has 2 aromatic rings. The molecule has 4 N–H and O–H groups in total. The number of phenolic OH excluding ortho intramolecular Hbond substituents is 1. The molecule has 0 heterocycles. The maximum Gasteiger partial charge on any atom is 0.339 e. The lowest BCUT2D eigenvalue weighted by atomic mass is 10.1. The molecule has 6 nitrogen and oxygen atoms in total. The van der Waals surface area contributed by atoms with Gasteiger partial charge in [0.05, 0.1) is 5.69 Å². The Morgan fingerprint density at radius 3 is 2.33 bits per heavy atom. The summed E-state index contributed by atoms with van der Waals surface area (Å²) in [6.07, 6.45) is 0. The van der Waals surface area contributed by atoms with Crippen LogP contribution in [0.2, 0.25) is 0 Å². The third-order valence-electron chi connectivity index (χ3n) is 2.73. The van der Waals surface area contributed by atoms with Crippen molar-refractivity contribution in [2.75, 3.05) is 5.32 Å². The van der Waals surface area contributed by atoms with Crippen LogP contribution in [0.1, 0.15) is 20.7 Å². The number of hydrogen-bond acceptors (Lipinski definition) is 4. The number of aromatic carboxylic acids is 1. The summed E-state index contributed by atoms with van der Waals surface area (Å²) in [6, 6.07) is 7.04. The molecule has 0 aliphatic carbocycles. The Labute approximate surface area is 118 Å². The summed E-state index contributed by atoms with van der Waals surface area (Å²) >= 11 is 0. The van der Waals surface area contributed by atoms with Crippen LogP contribution in [0, 0.1) is 5.82 Å². The Bertz CT molecular complexity index is 709. The number of halogens is 1. The molecule has 1 amide bonds. The van der Waals surface area contributed by atoms with E-state index in [4.69, 9.17) is 5.11 Å². The highest BCUT2D eigenvalue weighted by Crippen LogP contribution is 2.29. The van der Waals surface area contributed by atoms with Crippen molar-refractivity contribution in [1.29, 1.82) is 0 Å². The highest BCUT2D eigenvalue weighted by atomic mass is 19.1. The fourth-order valence-electron chi connectivity index (χ4n) is 1.74. The first-order valence-corrected chi connectivity index (χ1v) is 5.76. The van der Waals surface area contributed by atoms with E-state index in [1.165, 1.54) is 18.2 Å². The number of anilines is 1. The van der Waals surface area contributed by atoms with E-state index in [2.05, 4.69) is 5.32 Å². The lowest BCUT2D eigenvalue weighted by molar-refractivity contribution is 0.0693. The summed E-state index contributed by atoms with van der Waals surface area (Å²) in [5.74, 6) is -4.56. The zero-order valence-corrected chi connectivity index (χ0v) is 10.5. The Morgan fingerprint density at radius 2 is 1.71 bits per heavy atom. The van der Waals surface area contributed by atoms with Gasteiger partial charge in [-0.05, 0) is 24.3 Å². The van der Waals surface area contributed by atoms with E-state index in [0.29, 0.717) is 0 Å². The quantitative estimate of drug-likeness (QED) is 0.648. The van der Waals surface area contributed by atoms with E-state index in [0.717, 1.165) is 18.2 Å². The Kier molecular flexibility index (Phi) is 3.75. The molecular weight excluding hydrogens is 281 g/mol. The number of nitrogens with one attached hydrogen (secondary N) is 1. The summed E-state index contributed by atoms with van der Waals surface area (Å²) in [7, 11) is 0. The lowest BCUT2D eigenvalue weighted by Gasteiger charge is -2.10. The van der Waals surface area contributed by atoms with E-state index in [9.17, 15) is 24.2 Å². The van der Waals surface area contributed by atoms with Gasteiger partial charge in [-0.15, -0.1) is 0 Å². The summed E-state index contributed by atoms with van der Waals surface area (Å²) in [5, 5.41) is 30.2. The van der Waals surface area contributed by atoms with Crippen molar-refractivity contribution >= 4 is 17.6 Å². The molecule has 0 aliphatic rings. The fraction of sp³-hybridized carbons (Fsp3) is 0. The highest BCUT2D eigenvalue weighted by molar-refractivity contribution is 6.08. The number of para-hydroxylation sites is 1. The molecule has 0 saturated carbocycles. The number of phenols is 2. The van der Waals surface area contributed by atoms with Crippen LogP contribution in [0.4, 0.5) is 10.1 Å². The van der Waals surface area contributed by atoms with Gasteiger partial charge in [-0.25, -0.2) is 9.18 Å². The molecule has 0 fully saturated rings. The van der Waals surface area contributed by atoms with Crippen molar-refractivity contribution < 1.29 is 29.3 Å². The van der Waals surface area contributed by atoms with E-state index >= 15 is 0 Å². The third kappa shape index (κ3) is 2.76. The van der Waals surface area contributed by atoms with Crippen molar-refractivity contribution in [1.82, 2.24) is 0 Å². The van der Waals surface area contributed by atoms with Crippen molar-refractivity contribution in [3.8, 4) is 11.5 Å². The van der Waals surface area contributed by atoms with Crippen molar-refractivity contribution in [2.24, 2.45) is 0 Å². The smallest absolute Gasteiger partial charge is 0.339 e. The standard InChI is InChI=1S/C14H10FNO5/c15-8-4-2-6-10(17)11(8)13(19)16-9-5-1-3-7(12(9)18)14(20)21/h1-6,17-18H,(H,16,19)(H,20,21). The SMILES string of the molecule is O=C(O)c1cccc(NC(=O)c2c(O)cccc2F)c1O. The van der Waals surface area contributed by atoms with Gasteiger partial charge in [-0.1, -0.05) is 12.1 Å². The topological polar surface area (TPSA) is 107 Å². The van der Waals surface area contributed by atoms with Gasteiger partial charge >= 0.3 is 5.97 Å². The molecule has 0 radical (unpaired) electrons. The molecule has 7 heteroatoms. The molecule has 0 unspecified atom stereocenters. The van der Waals surface area contributed by atoms with Crippen LogP contribution in [0.3, 0.4) is 0 Å². The molecule has 21 heavy (non-hydrogen) atoms. The van der Waals surface area contributed by atoms with Crippen LogP contribution in [0.25, 0.3) is 0 Å². The van der Waals surface area contributed by atoms with Gasteiger partial charge in [-0.3, -0.25) is 4.79 Å². The number of rotatable bonds is 3. The molecule has 2 aromatic carbocycles. The highest BCUT2D eigenvalue weighted by Gasteiger charge is 2.19. The van der Waals surface area contributed by atoms with Crippen LogP contribution in [0.15, 0.2) is 36.4 Å². The maximum absolute atomic E-state index is 13.5. The summed E-state index contributed by atoms with van der Waals surface area (Å²) < 4.78 is 13.5. The number of carbonyl (C=O) groups is 2.